The van der Waals surface area contributed by atoms with Gasteiger partial charge in [0.05, 0.1) is 0 Å². The van der Waals surface area contributed by atoms with Crippen LogP contribution in [0.5, 0.6) is 35.3 Å². The molecule has 80 heavy (non-hydrogen) atoms. The monoisotopic (exact) mass is 1100 g/mol. The van der Waals surface area contributed by atoms with Gasteiger partial charge in [0.2, 0.25) is 0 Å². The minimum atomic E-state index is -1.01. The molecule has 2 unspecified atom stereocenters. The lowest BCUT2D eigenvalue weighted by atomic mass is 9.69. The molecule has 7 rings (SSSR count). The quantitative estimate of drug-likeness (QED) is 0.0220. The van der Waals surface area contributed by atoms with Crippen LogP contribution in [0.2, 0.25) is 0 Å². The molecule has 3 aromatic heterocycles. The number of hydrogen-bond donors (Lipinski definition) is 8. The van der Waals surface area contributed by atoms with Crippen molar-refractivity contribution in [3.63, 3.8) is 0 Å². The molecule has 0 spiro atoms. The van der Waals surface area contributed by atoms with E-state index in [0.717, 1.165) is 43.2 Å². The summed E-state index contributed by atoms with van der Waals surface area (Å²) in [6.07, 6.45) is 24.2. The third-order valence-electron chi connectivity index (χ3n) is 18.6. The summed E-state index contributed by atoms with van der Waals surface area (Å²) in [4.78, 5) is 0. The van der Waals surface area contributed by atoms with Gasteiger partial charge in [-0.1, -0.05) is 185 Å². The predicted octanol–water partition coefficient (Wildman–Crippen LogP) is 16.4. The molecule has 2 aromatic carbocycles. The average Bonchev–Trinajstić information content (AvgIpc) is 3.92. The summed E-state index contributed by atoms with van der Waals surface area (Å²) < 4.78 is 5.18. The minimum absolute atomic E-state index is 0.00180. The van der Waals surface area contributed by atoms with E-state index < -0.39 is 10.8 Å². The number of nitrogens with zero attached hydrogens (tertiary/aromatic N) is 3. The maximum absolute atomic E-state index is 12.9. The normalized spacial score (nSPS) is 18.8. The molecule has 0 amide bonds. The van der Waals surface area contributed by atoms with Crippen molar-refractivity contribution in [2.24, 2.45) is 0 Å². The van der Waals surface area contributed by atoms with Crippen LogP contribution < -0.4 is 10.6 Å². The van der Waals surface area contributed by atoms with E-state index >= 15 is 0 Å². The summed E-state index contributed by atoms with van der Waals surface area (Å²) in [6.45, 7) is 26.3. The Labute approximate surface area is 482 Å². The SMILES string of the molecule is CCCCCCCCCCCCCCCCCCn1c(O)c(CC(C)(Cc2c(CC)c(O)n(C3CC(C)(C)NC(C)(C)C3)c2O)c2ccccc2)c(CC(C)(c2ccccc2)c2cc(O)n(C3CC(C)(C)NC(C)(C)C3)c2O)c1O. The van der Waals surface area contributed by atoms with Crippen molar-refractivity contribution in [1.82, 2.24) is 24.3 Å². The van der Waals surface area contributed by atoms with Crippen molar-refractivity contribution in [3.8, 4) is 35.3 Å². The van der Waals surface area contributed by atoms with Gasteiger partial charge in [0, 0.05) is 85.5 Å². The Bertz CT molecular complexity index is 2730. The van der Waals surface area contributed by atoms with Gasteiger partial charge < -0.3 is 41.3 Å². The van der Waals surface area contributed by atoms with Crippen molar-refractivity contribution in [2.75, 3.05) is 0 Å². The molecule has 8 N–H and O–H groups in total. The van der Waals surface area contributed by atoms with Gasteiger partial charge in [-0.15, -0.1) is 0 Å². The minimum Gasteiger partial charge on any atom is -0.494 e. The lowest BCUT2D eigenvalue weighted by Crippen LogP contribution is -2.57. The first-order chi connectivity index (χ1) is 37.8. The molecule has 0 bridgehead atoms. The zero-order valence-electron chi connectivity index (χ0n) is 51.7. The molecule has 2 aliphatic rings. The van der Waals surface area contributed by atoms with Crippen molar-refractivity contribution < 1.29 is 30.6 Å². The van der Waals surface area contributed by atoms with Crippen LogP contribution in [-0.4, -0.2) is 66.5 Å². The van der Waals surface area contributed by atoms with Gasteiger partial charge in [-0.3, -0.25) is 13.7 Å². The largest absolute Gasteiger partial charge is 0.494 e. The smallest absolute Gasteiger partial charge is 0.198 e. The van der Waals surface area contributed by atoms with Crippen LogP contribution in [0.3, 0.4) is 0 Å². The first kappa shape index (κ1) is 62.6. The summed E-state index contributed by atoms with van der Waals surface area (Å²) in [5, 5.41) is 82.7. The number of hydrogen-bond acceptors (Lipinski definition) is 8. The van der Waals surface area contributed by atoms with Crippen LogP contribution in [0.25, 0.3) is 0 Å². The van der Waals surface area contributed by atoms with Crippen LogP contribution in [0, 0.1) is 0 Å². The first-order valence-corrected chi connectivity index (χ1v) is 31.4. The molecule has 11 heteroatoms. The second-order valence-corrected chi connectivity index (χ2v) is 28.1. The van der Waals surface area contributed by atoms with E-state index in [0.29, 0.717) is 60.0 Å². The Morgan fingerprint density at radius 1 is 0.450 bits per heavy atom. The summed E-state index contributed by atoms with van der Waals surface area (Å²) in [7, 11) is 0. The van der Waals surface area contributed by atoms with Crippen LogP contribution in [0.4, 0.5) is 0 Å². The summed E-state index contributed by atoms with van der Waals surface area (Å²) >= 11 is 0. The van der Waals surface area contributed by atoms with Gasteiger partial charge in [0.15, 0.2) is 35.3 Å². The van der Waals surface area contributed by atoms with Crippen molar-refractivity contribution in [2.45, 2.75) is 289 Å². The van der Waals surface area contributed by atoms with Gasteiger partial charge in [-0.25, -0.2) is 0 Å². The molecule has 2 aliphatic heterocycles. The van der Waals surface area contributed by atoms with E-state index in [4.69, 9.17) is 0 Å². The van der Waals surface area contributed by atoms with E-state index in [-0.39, 0.29) is 82.4 Å². The third kappa shape index (κ3) is 14.8. The molecule has 11 nitrogen and oxygen atoms in total. The van der Waals surface area contributed by atoms with E-state index in [1.165, 1.54) is 83.5 Å². The summed E-state index contributed by atoms with van der Waals surface area (Å²) in [5.41, 5.74) is 2.21. The van der Waals surface area contributed by atoms with Crippen LogP contribution in [0.1, 0.15) is 263 Å². The summed E-state index contributed by atoms with van der Waals surface area (Å²) in [5.74, 6) is 0.168. The zero-order valence-corrected chi connectivity index (χ0v) is 51.7. The number of rotatable bonds is 29. The molecule has 5 aromatic rings. The van der Waals surface area contributed by atoms with E-state index in [1.54, 1.807) is 19.8 Å². The molecule has 2 atom stereocenters. The van der Waals surface area contributed by atoms with Gasteiger partial charge >= 0.3 is 0 Å². The fourth-order valence-electron chi connectivity index (χ4n) is 15.2. The molecule has 0 saturated carbocycles. The standard InChI is InChI=1S/C69H107N5O6/c1-13-15-16-17-18-19-20-21-22-23-24-25-26-27-28-35-40-72-59(76)55(47-68(11,49-36-31-29-32-37-49)46-54-53(14-2)61(78)74(62(54)79)52-44-66(7,8)71-67(9,10)45-52)56(60(72)77)48-69(12,50-38-33-30-34-39-50)57-41-58(75)73(63(57)80)51-42-64(3,4)70-65(5,6)43-51/h29-34,36-39,41,51-52,70-71,75-80H,13-28,35,40,42-48H2,1-12H3. The average molecular weight is 1100 g/mol. The molecular formula is C69H107N5O6. The van der Waals surface area contributed by atoms with Crippen LogP contribution >= 0.6 is 0 Å². The zero-order chi connectivity index (χ0) is 58.3. The van der Waals surface area contributed by atoms with E-state index in [1.807, 2.05) is 55.5 Å². The Morgan fingerprint density at radius 2 is 0.825 bits per heavy atom. The highest BCUT2D eigenvalue weighted by Crippen LogP contribution is 2.52. The Kier molecular flexibility index (Phi) is 20.4. The Hall–Kier alpha value is -5.00. The van der Waals surface area contributed by atoms with Gasteiger partial charge in [-0.05, 0) is 124 Å². The third-order valence-corrected chi connectivity index (χ3v) is 18.6. The summed E-state index contributed by atoms with van der Waals surface area (Å²) in [6, 6.07) is 21.6. The molecule has 5 heterocycles. The van der Waals surface area contributed by atoms with Crippen molar-refractivity contribution in [1.29, 1.82) is 0 Å². The number of benzene rings is 2. The Balaban J connectivity index is 1.24. The molecule has 0 aliphatic carbocycles. The topological polar surface area (TPSA) is 160 Å². The second-order valence-electron chi connectivity index (χ2n) is 28.1. The lowest BCUT2D eigenvalue weighted by molar-refractivity contribution is 0.122. The Morgan fingerprint density at radius 3 is 1.26 bits per heavy atom. The van der Waals surface area contributed by atoms with Crippen molar-refractivity contribution in [3.05, 3.63) is 106 Å². The number of aromatic hydroxyl groups is 6. The van der Waals surface area contributed by atoms with Crippen LogP contribution in [0.15, 0.2) is 66.7 Å². The predicted molar refractivity (Wildman–Crippen MR) is 329 cm³/mol. The highest BCUT2D eigenvalue weighted by atomic mass is 16.3. The van der Waals surface area contributed by atoms with E-state index in [2.05, 4.69) is 98.9 Å². The van der Waals surface area contributed by atoms with Gasteiger partial charge in [0.25, 0.3) is 0 Å². The molecule has 0 radical (unpaired) electrons. The number of aromatic nitrogens is 3. The molecule has 2 fully saturated rings. The fourth-order valence-corrected chi connectivity index (χ4v) is 15.2. The van der Waals surface area contributed by atoms with Crippen molar-refractivity contribution >= 4 is 0 Å². The second kappa shape index (κ2) is 26.1. The molecule has 444 valence electrons. The first-order valence-electron chi connectivity index (χ1n) is 31.4. The number of unbranched alkanes of at least 4 members (excludes halogenated alkanes) is 15. The number of nitrogens with one attached hydrogen (secondary N) is 2. The highest BCUT2D eigenvalue weighted by Gasteiger charge is 2.45. The van der Waals surface area contributed by atoms with Gasteiger partial charge in [0.1, 0.15) is 0 Å². The van der Waals surface area contributed by atoms with E-state index in [9.17, 15) is 30.6 Å². The maximum atomic E-state index is 12.9. The lowest BCUT2D eigenvalue weighted by Gasteiger charge is -2.47. The highest BCUT2D eigenvalue weighted by molar-refractivity contribution is 5.55. The molecule has 2 saturated heterocycles. The molecular weight excluding hydrogens is 995 g/mol. The number of piperidine rings is 2. The fraction of sp³-hybridized carbons (Fsp3) is 0.652. The van der Waals surface area contributed by atoms with Crippen LogP contribution in [-0.2, 0) is 43.1 Å². The maximum Gasteiger partial charge on any atom is 0.198 e. The van der Waals surface area contributed by atoms with Gasteiger partial charge in [-0.2, -0.15) is 0 Å².